The smallest absolute Gasteiger partial charge is 0.450 e. The molecule has 0 radical (unpaired) electrons. The van der Waals surface area contributed by atoms with Gasteiger partial charge in [0.15, 0.2) is 6.73 Å². The molecule has 1 aliphatic heterocycles. The number of nitrogens with zero attached hydrogens (tertiary/aromatic N) is 2. The molecule has 0 aromatic rings. The number of rotatable bonds is 2. The number of nitrogens with one attached hydrogen (secondary N) is 1. The van der Waals surface area contributed by atoms with Gasteiger partial charge in [0.05, 0.1) is 12.9 Å². The van der Waals surface area contributed by atoms with Gasteiger partial charge in [-0.1, -0.05) is 0 Å². The van der Waals surface area contributed by atoms with Crippen molar-refractivity contribution in [3.8, 4) is 0 Å². The Balaban J connectivity index is 2.53. The summed E-state index contributed by atoms with van der Waals surface area (Å²) in [5, 5.41) is 2.36. The molecule has 0 aromatic carbocycles. The number of urea groups is 1. The Labute approximate surface area is 90.4 Å². The molecule has 0 aliphatic carbocycles. The molecule has 8 heteroatoms. The Hall–Kier alpha value is -1.60. The predicted octanol–water partition coefficient (Wildman–Crippen LogP) is 0.909. The molecule has 16 heavy (non-hydrogen) atoms. The topological polar surface area (TPSA) is 44.8 Å². The fourth-order valence-electron chi connectivity index (χ4n) is 1.16. The Morgan fingerprint density at radius 2 is 2.31 bits per heavy atom. The zero-order valence-corrected chi connectivity index (χ0v) is 8.84. The third kappa shape index (κ3) is 2.94. The van der Waals surface area contributed by atoms with Gasteiger partial charge in [0.2, 0.25) is 5.76 Å². The van der Waals surface area contributed by atoms with Crippen LogP contribution in [0, 0.1) is 0 Å². The summed E-state index contributed by atoms with van der Waals surface area (Å²) < 4.78 is 41.0. The lowest BCUT2D eigenvalue weighted by Gasteiger charge is -2.22. The SMILES string of the molecule is CNC(=O)N(C)CN1C=C(C(F)(F)F)OC1. The average Bonchev–Trinajstić information content (AvgIpc) is 2.64. The first kappa shape index (κ1) is 12.5. The highest BCUT2D eigenvalue weighted by atomic mass is 19.4. The molecule has 2 amide bonds. The van der Waals surface area contributed by atoms with Gasteiger partial charge in [0, 0.05) is 14.1 Å². The maximum absolute atomic E-state index is 12.2. The fourth-order valence-corrected chi connectivity index (χ4v) is 1.16. The molecule has 1 N–H and O–H groups in total. The summed E-state index contributed by atoms with van der Waals surface area (Å²) in [4.78, 5) is 13.6. The first-order valence-electron chi connectivity index (χ1n) is 4.43. The quantitative estimate of drug-likeness (QED) is 0.779. The van der Waals surface area contributed by atoms with Crippen molar-refractivity contribution in [3.05, 3.63) is 12.0 Å². The third-order valence-corrected chi connectivity index (χ3v) is 1.92. The van der Waals surface area contributed by atoms with Crippen LogP contribution in [0.4, 0.5) is 18.0 Å². The monoisotopic (exact) mass is 239 g/mol. The van der Waals surface area contributed by atoms with Crippen molar-refractivity contribution in [2.75, 3.05) is 27.5 Å². The molecule has 0 saturated heterocycles. The van der Waals surface area contributed by atoms with Crippen LogP contribution in [0.1, 0.15) is 0 Å². The van der Waals surface area contributed by atoms with E-state index < -0.39 is 11.9 Å². The van der Waals surface area contributed by atoms with E-state index in [-0.39, 0.29) is 19.4 Å². The lowest BCUT2D eigenvalue weighted by Crippen LogP contribution is -2.40. The van der Waals surface area contributed by atoms with Crippen LogP contribution in [0.15, 0.2) is 12.0 Å². The molecule has 0 unspecified atom stereocenters. The maximum atomic E-state index is 12.2. The lowest BCUT2D eigenvalue weighted by molar-refractivity contribution is -0.128. The Kier molecular flexibility index (Phi) is 3.51. The largest absolute Gasteiger partial charge is 0.467 e. The van der Waals surface area contributed by atoms with Crippen LogP contribution in [-0.2, 0) is 4.74 Å². The summed E-state index contributed by atoms with van der Waals surface area (Å²) in [6.07, 6.45) is -3.64. The molecule has 92 valence electrons. The number of carbonyl (C=O) groups is 1. The molecule has 1 rings (SSSR count). The molecule has 0 aromatic heterocycles. The van der Waals surface area contributed by atoms with Crippen LogP contribution >= 0.6 is 0 Å². The standard InChI is InChI=1S/C8H12F3N3O2/c1-12-7(15)13(2)4-14-3-6(16-5-14)8(9,10)11/h3H,4-5H2,1-2H3,(H,12,15). The first-order chi connectivity index (χ1) is 7.34. The second-order valence-electron chi connectivity index (χ2n) is 3.25. The minimum absolute atomic E-state index is 0.0270. The van der Waals surface area contributed by atoms with Gasteiger partial charge in [0.1, 0.15) is 0 Å². The molecule has 5 nitrogen and oxygen atoms in total. The Morgan fingerprint density at radius 3 is 2.75 bits per heavy atom. The van der Waals surface area contributed by atoms with Gasteiger partial charge in [-0.25, -0.2) is 4.79 Å². The molecule has 1 heterocycles. The zero-order chi connectivity index (χ0) is 12.3. The van der Waals surface area contributed by atoms with E-state index >= 15 is 0 Å². The van der Waals surface area contributed by atoms with E-state index in [2.05, 4.69) is 10.1 Å². The van der Waals surface area contributed by atoms with Crippen molar-refractivity contribution in [3.63, 3.8) is 0 Å². The van der Waals surface area contributed by atoms with Crippen LogP contribution < -0.4 is 5.32 Å². The van der Waals surface area contributed by atoms with Gasteiger partial charge in [-0.3, -0.25) is 0 Å². The zero-order valence-electron chi connectivity index (χ0n) is 8.84. The summed E-state index contributed by atoms with van der Waals surface area (Å²) in [5.74, 6) is -1.04. The van der Waals surface area contributed by atoms with E-state index in [0.29, 0.717) is 0 Å². The van der Waals surface area contributed by atoms with Crippen molar-refractivity contribution in [2.24, 2.45) is 0 Å². The van der Waals surface area contributed by atoms with Crippen LogP contribution in [0.3, 0.4) is 0 Å². The van der Waals surface area contributed by atoms with Crippen LogP contribution in [0.5, 0.6) is 0 Å². The fraction of sp³-hybridized carbons (Fsp3) is 0.625. The summed E-state index contributed by atoms with van der Waals surface area (Å²) in [5.41, 5.74) is 0. The molecule has 0 atom stereocenters. The number of alkyl halides is 3. The molecule has 0 bridgehead atoms. The Morgan fingerprint density at radius 1 is 1.69 bits per heavy atom. The van der Waals surface area contributed by atoms with Crippen molar-refractivity contribution in [2.45, 2.75) is 6.18 Å². The van der Waals surface area contributed by atoms with Gasteiger partial charge >= 0.3 is 12.2 Å². The predicted molar refractivity (Wildman–Crippen MR) is 49.0 cm³/mol. The average molecular weight is 239 g/mol. The highest BCUT2D eigenvalue weighted by Gasteiger charge is 2.39. The van der Waals surface area contributed by atoms with Crippen LogP contribution in [0.2, 0.25) is 0 Å². The summed E-state index contributed by atoms with van der Waals surface area (Å²) in [7, 11) is 2.91. The van der Waals surface area contributed by atoms with Crippen LogP contribution in [0.25, 0.3) is 0 Å². The van der Waals surface area contributed by atoms with Crippen molar-refractivity contribution < 1.29 is 22.7 Å². The number of amides is 2. The lowest BCUT2D eigenvalue weighted by atomic mass is 10.5. The van der Waals surface area contributed by atoms with Crippen LogP contribution in [-0.4, -0.2) is 49.5 Å². The van der Waals surface area contributed by atoms with Crippen molar-refractivity contribution in [1.29, 1.82) is 0 Å². The van der Waals surface area contributed by atoms with E-state index in [1.54, 1.807) is 0 Å². The molecule has 0 saturated carbocycles. The third-order valence-electron chi connectivity index (χ3n) is 1.92. The van der Waals surface area contributed by atoms with Gasteiger partial charge in [-0.2, -0.15) is 13.2 Å². The summed E-state index contributed by atoms with van der Waals surface area (Å²) >= 11 is 0. The van der Waals surface area contributed by atoms with Crippen molar-refractivity contribution in [1.82, 2.24) is 15.1 Å². The molecule has 1 aliphatic rings. The number of carbonyl (C=O) groups excluding carboxylic acids is 1. The highest BCUT2D eigenvalue weighted by Crippen LogP contribution is 2.29. The first-order valence-corrected chi connectivity index (χ1v) is 4.43. The van der Waals surface area contributed by atoms with E-state index in [0.717, 1.165) is 6.20 Å². The molecular formula is C8H12F3N3O2. The number of hydrogen-bond acceptors (Lipinski definition) is 3. The van der Waals surface area contributed by atoms with Gasteiger partial charge in [0.25, 0.3) is 0 Å². The normalized spacial score (nSPS) is 15.6. The van der Waals surface area contributed by atoms with E-state index in [9.17, 15) is 18.0 Å². The molecule has 0 spiro atoms. The number of ether oxygens (including phenoxy) is 1. The molecule has 0 fully saturated rings. The molecular weight excluding hydrogens is 227 g/mol. The summed E-state index contributed by atoms with van der Waals surface area (Å²) in [6, 6.07) is -0.381. The maximum Gasteiger partial charge on any atom is 0.450 e. The minimum atomic E-state index is -4.49. The number of allylic oxidation sites excluding steroid dienone is 1. The van der Waals surface area contributed by atoms with E-state index in [1.807, 2.05) is 0 Å². The van der Waals surface area contributed by atoms with Crippen molar-refractivity contribution >= 4 is 6.03 Å². The minimum Gasteiger partial charge on any atom is -0.467 e. The number of halogens is 3. The van der Waals surface area contributed by atoms with Gasteiger partial charge in [-0.15, -0.1) is 0 Å². The van der Waals surface area contributed by atoms with E-state index in [1.165, 1.54) is 23.9 Å². The van der Waals surface area contributed by atoms with Gasteiger partial charge in [-0.05, 0) is 0 Å². The Bertz CT molecular complexity index is 303. The second-order valence-corrected chi connectivity index (χ2v) is 3.25. The number of hydrogen-bond donors (Lipinski definition) is 1. The van der Waals surface area contributed by atoms with E-state index in [4.69, 9.17) is 0 Å². The second kappa shape index (κ2) is 4.50. The van der Waals surface area contributed by atoms with Gasteiger partial charge < -0.3 is 19.9 Å². The highest BCUT2D eigenvalue weighted by molar-refractivity contribution is 5.73. The summed E-state index contributed by atoms with van der Waals surface area (Å²) in [6.45, 7) is -0.185.